The van der Waals surface area contributed by atoms with Gasteiger partial charge in [-0.05, 0) is 24.0 Å². The van der Waals surface area contributed by atoms with E-state index in [9.17, 15) is 9.59 Å². The van der Waals surface area contributed by atoms with Crippen LogP contribution in [-0.4, -0.2) is 54.0 Å². The number of hydrogen-bond acceptors (Lipinski definition) is 7. The van der Waals surface area contributed by atoms with Gasteiger partial charge in [0.05, 0.1) is 29.9 Å². The summed E-state index contributed by atoms with van der Waals surface area (Å²) in [5, 5.41) is 0. The summed E-state index contributed by atoms with van der Waals surface area (Å²) in [6, 6.07) is 0. The first-order valence-electron chi connectivity index (χ1n) is 6.65. The summed E-state index contributed by atoms with van der Waals surface area (Å²) >= 11 is 3.51. The van der Waals surface area contributed by atoms with Gasteiger partial charge in [-0.1, -0.05) is 6.08 Å². The van der Waals surface area contributed by atoms with E-state index in [1.54, 1.807) is 23.5 Å². The zero-order valence-electron chi connectivity index (χ0n) is 11.8. The smallest absolute Gasteiger partial charge is 0.337 e. The molecule has 0 radical (unpaired) electrons. The lowest BCUT2D eigenvalue weighted by Crippen LogP contribution is -2.42. The molecule has 0 unspecified atom stereocenters. The molecular weight excluding hydrogens is 312 g/mol. The number of rotatable bonds is 3. The summed E-state index contributed by atoms with van der Waals surface area (Å²) < 4.78 is 15.8. The van der Waals surface area contributed by atoms with Crippen LogP contribution in [0, 0.1) is 0 Å². The minimum Gasteiger partial charge on any atom is -0.466 e. The van der Waals surface area contributed by atoms with E-state index >= 15 is 0 Å². The summed E-state index contributed by atoms with van der Waals surface area (Å²) in [7, 11) is 2.62. The van der Waals surface area contributed by atoms with Gasteiger partial charge in [0, 0.05) is 0 Å². The number of esters is 2. The molecule has 0 spiro atoms. The van der Waals surface area contributed by atoms with E-state index in [0.29, 0.717) is 5.57 Å². The molecule has 0 aromatic heterocycles. The molecule has 3 aliphatic heterocycles. The van der Waals surface area contributed by atoms with E-state index in [1.807, 2.05) is 12.2 Å². The van der Waals surface area contributed by atoms with Gasteiger partial charge in [-0.3, -0.25) is 0 Å². The van der Waals surface area contributed by atoms with Gasteiger partial charge in [-0.15, -0.1) is 23.5 Å². The van der Waals surface area contributed by atoms with Crippen molar-refractivity contribution in [1.29, 1.82) is 0 Å². The molecule has 7 heteroatoms. The maximum atomic E-state index is 12.3. The van der Waals surface area contributed by atoms with Gasteiger partial charge in [0.1, 0.15) is 11.7 Å². The minimum atomic E-state index is -0.878. The van der Waals surface area contributed by atoms with E-state index < -0.39 is 23.6 Å². The molecular formula is C14H16O5S2. The van der Waals surface area contributed by atoms with Crippen LogP contribution in [0.3, 0.4) is 0 Å². The van der Waals surface area contributed by atoms with Crippen LogP contribution in [0.5, 0.6) is 0 Å². The van der Waals surface area contributed by atoms with Crippen molar-refractivity contribution >= 4 is 35.5 Å². The number of ether oxygens (including phenoxy) is 3. The number of fused-ring (bicyclic) bond motifs is 2. The molecule has 0 aliphatic carbocycles. The van der Waals surface area contributed by atoms with Gasteiger partial charge in [-0.2, -0.15) is 0 Å². The van der Waals surface area contributed by atoms with Crippen molar-refractivity contribution in [2.75, 3.05) is 25.7 Å². The highest BCUT2D eigenvalue weighted by atomic mass is 32.2. The standard InChI is InChI=1S/C14H16O5S2/c1-17-11(15)9-8-4-5-14(19-8,10(9)12(16)18-2)13-20-6-3-7-21-13/h4-5,8,13H,3,6-7H2,1-2H3/t8-,14+/m0/s1. The Kier molecular flexibility index (Phi) is 4.07. The van der Waals surface area contributed by atoms with E-state index in [0.717, 1.165) is 17.9 Å². The lowest BCUT2D eigenvalue weighted by Gasteiger charge is -2.35. The van der Waals surface area contributed by atoms with Crippen molar-refractivity contribution < 1.29 is 23.8 Å². The monoisotopic (exact) mass is 328 g/mol. The molecule has 3 rings (SSSR count). The normalized spacial score (nSPS) is 31.6. The number of thioether (sulfide) groups is 2. The Bertz CT molecular complexity index is 535. The summed E-state index contributed by atoms with van der Waals surface area (Å²) in [6.45, 7) is 0. The summed E-state index contributed by atoms with van der Waals surface area (Å²) in [5.41, 5.74) is -0.299. The predicted molar refractivity (Wildman–Crippen MR) is 81.1 cm³/mol. The molecule has 3 aliphatic rings. The molecule has 0 saturated carbocycles. The van der Waals surface area contributed by atoms with E-state index in [-0.39, 0.29) is 10.2 Å². The van der Waals surface area contributed by atoms with E-state index in [1.165, 1.54) is 14.2 Å². The third-order valence-electron chi connectivity index (χ3n) is 3.76. The molecule has 0 aromatic carbocycles. The van der Waals surface area contributed by atoms with E-state index in [2.05, 4.69) is 0 Å². The Labute approximate surface area is 131 Å². The summed E-state index contributed by atoms with van der Waals surface area (Å²) in [5.74, 6) is 0.985. The second kappa shape index (κ2) is 5.70. The van der Waals surface area contributed by atoms with Gasteiger partial charge < -0.3 is 14.2 Å². The van der Waals surface area contributed by atoms with Crippen LogP contribution in [0.4, 0.5) is 0 Å². The zero-order valence-corrected chi connectivity index (χ0v) is 13.4. The molecule has 3 heterocycles. The van der Waals surface area contributed by atoms with Crippen LogP contribution in [0.2, 0.25) is 0 Å². The van der Waals surface area contributed by atoms with E-state index in [4.69, 9.17) is 14.2 Å². The van der Waals surface area contributed by atoms with Crippen LogP contribution in [-0.2, 0) is 23.8 Å². The molecule has 0 amide bonds. The van der Waals surface area contributed by atoms with Gasteiger partial charge in [0.25, 0.3) is 0 Å². The van der Waals surface area contributed by atoms with Crippen molar-refractivity contribution in [3.8, 4) is 0 Å². The second-order valence-electron chi connectivity index (χ2n) is 4.89. The van der Waals surface area contributed by atoms with Gasteiger partial charge in [0.15, 0.2) is 0 Å². The molecule has 0 N–H and O–H groups in total. The highest BCUT2D eigenvalue weighted by Crippen LogP contribution is 2.53. The fourth-order valence-corrected chi connectivity index (χ4v) is 6.05. The third-order valence-corrected chi connectivity index (χ3v) is 6.93. The Morgan fingerprint density at radius 1 is 1.24 bits per heavy atom. The van der Waals surface area contributed by atoms with Crippen molar-refractivity contribution in [2.24, 2.45) is 0 Å². The maximum Gasteiger partial charge on any atom is 0.337 e. The van der Waals surface area contributed by atoms with Crippen molar-refractivity contribution in [3.05, 3.63) is 23.3 Å². The maximum absolute atomic E-state index is 12.3. The fraction of sp³-hybridized carbons (Fsp3) is 0.571. The average molecular weight is 328 g/mol. The predicted octanol–water partition coefficient (Wildman–Crippen LogP) is 1.53. The quantitative estimate of drug-likeness (QED) is 0.575. The second-order valence-corrected chi connectivity index (χ2v) is 7.61. The highest BCUT2D eigenvalue weighted by Gasteiger charge is 2.58. The van der Waals surface area contributed by atoms with Crippen LogP contribution in [0.15, 0.2) is 23.3 Å². The minimum absolute atomic E-state index is 0.0451. The Hall–Kier alpha value is -0.920. The van der Waals surface area contributed by atoms with Gasteiger partial charge >= 0.3 is 11.9 Å². The lowest BCUT2D eigenvalue weighted by atomic mass is 9.88. The van der Waals surface area contributed by atoms with Crippen molar-refractivity contribution in [3.63, 3.8) is 0 Å². The SMILES string of the molecule is COC(=O)C1=C(C(=O)OC)[C@@]2(C3SCCCS3)C=C[C@@H]1O2. The lowest BCUT2D eigenvalue weighted by molar-refractivity contribution is -0.139. The molecule has 21 heavy (non-hydrogen) atoms. The fourth-order valence-electron chi connectivity index (χ4n) is 2.86. The third kappa shape index (κ3) is 2.22. The number of methoxy groups -OCH3 is 2. The first-order chi connectivity index (χ1) is 10.1. The Morgan fingerprint density at radius 2 is 1.90 bits per heavy atom. The van der Waals surface area contributed by atoms with Gasteiger partial charge in [0.2, 0.25) is 0 Å². The Morgan fingerprint density at radius 3 is 2.52 bits per heavy atom. The Balaban J connectivity index is 2.06. The summed E-state index contributed by atoms with van der Waals surface area (Å²) in [6.07, 6.45) is 4.34. The first-order valence-corrected chi connectivity index (χ1v) is 8.75. The molecule has 5 nitrogen and oxygen atoms in total. The number of carbonyl (C=O) groups is 2. The topological polar surface area (TPSA) is 61.8 Å². The van der Waals surface area contributed by atoms with Gasteiger partial charge in [-0.25, -0.2) is 9.59 Å². The van der Waals surface area contributed by atoms with Crippen LogP contribution in [0.1, 0.15) is 6.42 Å². The molecule has 0 aromatic rings. The first kappa shape index (κ1) is 15.0. The molecule has 114 valence electrons. The average Bonchev–Trinajstić information content (AvgIpc) is 3.11. The zero-order chi connectivity index (χ0) is 15.0. The number of carbonyl (C=O) groups excluding carboxylic acids is 2. The highest BCUT2D eigenvalue weighted by molar-refractivity contribution is 8.17. The molecule has 1 fully saturated rings. The molecule has 1 saturated heterocycles. The van der Waals surface area contributed by atoms with Crippen LogP contribution in [0.25, 0.3) is 0 Å². The van der Waals surface area contributed by atoms with Crippen LogP contribution >= 0.6 is 23.5 Å². The largest absolute Gasteiger partial charge is 0.466 e. The summed E-state index contributed by atoms with van der Waals surface area (Å²) in [4.78, 5) is 24.3. The van der Waals surface area contributed by atoms with Crippen molar-refractivity contribution in [1.82, 2.24) is 0 Å². The van der Waals surface area contributed by atoms with Crippen molar-refractivity contribution in [2.45, 2.75) is 22.7 Å². The number of hydrogen-bond donors (Lipinski definition) is 0. The van der Waals surface area contributed by atoms with Crippen LogP contribution < -0.4 is 0 Å². The molecule has 2 bridgehead atoms. The molecule has 2 atom stereocenters.